The number of thioether (sulfide) groups is 1. The molecule has 5 nitrogen and oxygen atoms in total. The van der Waals surface area contributed by atoms with Gasteiger partial charge >= 0.3 is 0 Å². The molecule has 0 radical (unpaired) electrons. The van der Waals surface area contributed by atoms with Gasteiger partial charge in [-0.25, -0.2) is 0 Å². The number of fused-ring (bicyclic) bond motifs is 1. The molecule has 1 N–H and O–H groups in total. The minimum atomic E-state index is -0.0437. The maximum Gasteiger partial charge on any atom is 0.236 e. The van der Waals surface area contributed by atoms with Crippen LogP contribution in [-0.4, -0.2) is 23.0 Å². The highest BCUT2D eigenvalue weighted by molar-refractivity contribution is 8.15. The summed E-state index contributed by atoms with van der Waals surface area (Å²) in [5.74, 6) is 1.12. The molecule has 0 spiro atoms. The average Bonchev–Trinajstić information content (AvgIpc) is 3.12. The van der Waals surface area contributed by atoms with E-state index in [0.717, 1.165) is 16.9 Å². The van der Waals surface area contributed by atoms with Crippen LogP contribution in [-0.2, 0) is 11.4 Å². The molecule has 1 saturated heterocycles. The number of hydrogen-bond donors (Lipinski definition) is 1. The Morgan fingerprint density at radius 2 is 1.93 bits per heavy atom. The van der Waals surface area contributed by atoms with E-state index in [2.05, 4.69) is 39.8 Å². The highest BCUT2D eigenvalue weighted by atomic mass is 32.2. The fourth-order valence-electron chi connectivity index (χ4n) is 2.79. The predicted octanol–water partition coefficient (Wildman–Crippen LogP) is 3.97. The van der Waals surface area contributed by atoms with Crippen molar-refractivity contribution in [1.29, 1.82) is 0 Å². The number of nitrogens with zero attached hydrogens (tertiary/aromatic N) is 2. The average molecular weight is 375 g/mol. The van der Waals surface area contributed by atoms with Crippen LogP contribution >= 0.6 is 11.8 Å². The standard InChI is InChI=1S/C21H17N3O2S/c25-20-14-27-21(23-20)24-22-12-15-5-3-9-18(11-15)26-13-17-8-4-7-16-6-1-2-10-19(16)17/h1-12H,13-14H2,(H,23,24,25). The van der Waals surface area contributed by atoms with Gasteiger partial charge in [-0.1, -0.05) is 66.4 Å². The molecule has 0 atom stereocenters. The lowest BCUT2D eigenvalue weighted by Gasteiger charge is -2.09. The van der Waals surface area contributed by atoms with Gasteiger partial charge in [0, 0.05) is 0 Å². The van der Waals surface area contributed by atoms with Gasteiger partial charge in [-0.05, 0) is 34.0 Å². The highest BCUT2D eigenvalue weighted by Crippen LogP contribution is 2.21. The summed E-state index contributed by atoms with van der Waals surface area (Å²) in [7, 11) is 0. The number of rotatable bonds is 5. The number of carbonyl (C=O) groups is 1. The van der Waals surface area contributed by atoms with Gasteiger partial charge in [0.2, 0.25) is 5.91 Å². The van der Waals surface area contributed by atoms with E-state index >= 15 is 0 Å². The maximum absolute atomic E-state index is 11.1. The van der Waals surface area contributed by atoms with Crippen LogP contribution in [0.3, 0.4) is 0 Å². The molecule has 0 aliphatic carbocycles. The van der Waals surface area contributed by atoms with Crippen LogP contribution in [0.15, 0.2) is 76.9 Å². The Balaban J connectivity index is 1.44. The van der Waals surface area contributed by atoms with Crippen LogP contribution in [0.5, 0.6) is 5.75 Å². The summed E-state index contributed by atoms with van der Waals surface area (Å²) in [5.41, 5.74) is 2.02. The minimum Gasteiger partial charge on any atom is -0.489 e. The van der Waals surface area contributed by atoms with E-state index < -0.39 is 0 Å². The number of benzene rings is 3. The summed E-state index contributed by atoms with van der Waals surface area (Å²) in [6.45, 7) is 0.493. The second-order valence-corrected chi connectivity index (χ2v) is 6.95. The van der Waals surface area contributed by atoms with E-state index in [-0.39, 0.29) is 5.91 Å². The summed E-state index contributed by atoms with van der Waals surface area (Å²) >= 11 is 1.35. The Morgan fingerprint density at radius 1 is 1.07 bits per heavy atom. The molecule has 1 heterocycles. The SMILES string of the molecule is O=C1CSC(=NN=Cc2cccc(OCc3cccc4ccccc34)c2)N1. The first-order chi connectivity index (χ1) is 13.3. The number of amidine groups is 1. The molecule has 4 rings (SSSR count). The van der Waals surface area contributed by atoms with Crippen LogP contribution in [0.1, 0.15) is 11.1 Å². The van der Waals surface area contributed by atoms with Crippen molar-refractivity contribution in [1.82, 2.24) is 5.32 Å². The second-order valence-electron chi connectivity index (χ2n) is 5.99. The number of hydrogen-bond acceptors (Lipinski definition) is 5. The lowest BCUT2D eigenvalue weighted by Crippen LogP contribution is -2.19. The monoisotopic (exact) mass is 375 g/mol. The van der Waals surface area contributed by atoms with Crippen LogP contribution in [0.25, 0.3) is 10.8 Å². The Kier molecular flexibility index (Phi) is 5.16. The van der Waals surface area contributed by atoms with Gasteiger partial charge in [0.15, 0.2) is 5.17 Å². The van der Waals surface area contributed by atoms with E-state index in [9.17, 15) is 4.79 Å². The molecule has 3 aromatic carbocycles. The molecule has 0 aromatic heterocycles. The summed E-state index contributed by atoms with van der Waals surface area (Å²) in [5, 5.41) is 13.6. The zero-order valence-corrected chi connectivity index (χ0v) is 15.3. The van der Waals surface area contributed by atoms with E-state index in [1.54, 1.807) is 6.21 Å². The molecule has 3 aromatic rings. The molecular weight excluding hydrogens is 358 g/mol. The van der Waals surface area contributed by atoms with Crippen molar-refractivity contribution in [2.75, 3.05) is 5.75 Å². The molecule has 134 valence electrons. The Hall–Kier alpha value is -3.12. The largest absolute Gasteiger partial charge is 0.489 e. The molecular formula is C21H17N3O2S. The van der Waals surface area contributed by atoms with Crippen molar-refractivity contribution in [2.45, 2.75) is 6.61 Å². The second kappa shape index (κ2) is 8.05. The van der Waals surface area contributed by atoms with Gasteiger partial charge in [-0.3, -0.25) is 4.79 Å². The smallest absolute Gasteiger partial charge is 0.236 e. The number of amides is 1. The molecule has 0 unspecified atom stereocenters. The first kappa shape index (κ1) is 17.3. The Morgan fingerprint density at radius 3 is 2.81 bits per heavy atom. The number of carbonyl (C=O) groups excluding carboxylic acids is 1. The lowest BCUT2D eigenvalue weighted by molar-refractivity contribution is -0.116. The Bertz CT molecular complexity index is 1040. The first-order valence-electron chi connectivity index (χ1n) is 8.51. The third-order valence-electron chi connectivity index (χ3n) is 4.07. The third kappa shape index (κ3) is 4.35. The molecule has 1 amide bonds. The van der Waals surface area contributed by atoms with Gasteiger partial charge in [0.1, 0.15) is 12.4 Å². The van der Waals surface area contributed by atoms with Gasteiger partial charge < -0.3 is 10.1 Å². The van der Waals surface area contributed by atoms with Crippen molar-refractivity contribution < 1.29 is 9.53 Å². The van der Waals surface area contributed by atoms with E-state index in [4.69, 9.17) is 4.74 Å². The van der Waals surface area contributed by atoms with Gasteiger partial charge in [-0.2, -0.15) is 5.10 Å². The minimum absolute atomic E-state index is 0.0437. The van der Waals surface area contributed by atoms with Crippen LogP contribution < -0.4 is 10.1 Å². The lowest BCUT2D eigenvalue weighted by atomic mass is 10.1. The predicted molar refractivity (Wildman–Crippen MR) is 110 cm³/mol. The molecule has 1 aliphatic rings. The number of nitrogens with one attached hydrogen (secondary N) is 1. The van der Waals surface area contributed by atoms with Crippen LogP contribution in [0.2, 0.25) is 0 Å². The molecule has 1 fully saturated rings. The van der Waals surface area contributed by atoms with Crippen molar-refractivity contribution in [3.8, 4) is 5.75 Å². The summed E-state index contributed by atoms with van der Waals surface area (Å²) in [6.07, 6.45) is 1.64. The summed E-state index contributed by atoms with van der Waals surface area (Å²) in [6, 6.07) is 22.2. The number of ether oxygens (including phenoxy) is 1. The van der Waals surface area contributed by atoms with E-state index in [1.165, 1.54) is 22.5 Å². The van der Waals surface area contributed by atoms with Crippen molar-refractivity contribution in [3.63, 3.8) is 0 Å². The van der Waals surface area contributed by atoms with Crippen molar-refractivity contribution >= 4 is 39.8 Å². The van der Waals surface area contributed by atoms with Crippen molar-refractivity contribution in [2.24, 2.45) is 10.2 Å². The normalized spacial score (nSPS) is 15.6. The molecule has 0 bridgehead atoms. The summed E-state index contributed by atoms with van der Waals surface area (Å²) in [4.78, 5) is 11.1. The van der Waals surface area contributed by atoms with E-state index in [0.29, 0.717) is 17.5 Å². The zero-order chi connectivity index (χ0) is 18.5. The quantitative estimate of drug-likeness (QED) is 0.542. The zero-order valence-electron chi connectivity index (χ0n) is 14.5. The molecule has 6 heteroatoms. The van der Waals surface area contributed by atoms with Crippen LogP contribution in [0.4, 0.5) is 0 Å². The van der Waals surface area contributed by atoms with Gasteiger partial charge in [0.25, 0.3) is 0 Å². The van der Waals surface area contributed by atoms with Crippen LogP contribution in [0, 0.1) is 0 Å². The summed E-state index contributed by atoms with van der Waals surface area (Å²) < 4.78 is 5.98. The first-order valence-corrected chi connectivity index (χ1v) is 9.50. The van der Waals surface area contributed by atoms with E-state index in [1.807, 2.05) is 42.5 Å². The van der Waals surface area contributed by atoms with Gasteiger partial charge in [0.05, 0.1) is 12.0 Å². The van der Waals surface area contributed by atoms with Gasteiger partial charge in [-0.15, -0.1) is 5.10 Å². The molecule has 1 aliphatic heterocycles. The fraction of sp³-hybridized carbons (Fsp3) is 0.0952. The topological polar surface area (TPSA) is 63.0 Å². The fourth-order valence-corrected chi connectivity index (χ4v) is 3.42. The van der Waals surface area contributed by atoms with Crippen molar-refractivity contribution in [3.05, 3.63) is 77.9 Å². The molecule has 27 heavy (non-hydrogen) atoms. The highest BCUT2D eigenvalue weighted by Gasteiger charge is 2.15. The maximum atomic E-state index is 11.1. The Labute approximate surface area is 161 Å². The third-order valence-corrected chi connectivity index (χ3v) is 4.94. The molecule has 0 saturated carbocycles.